The second-order valence-corrected chi connectivity index (χ2v) is 9.79. The Hall–Kier alpha value is -2.81. The van der Waals surface area contributed by atoms with Gasteiger partial charge in [-0.15, -0.1) is 0 Å². The van der Waals surface area contributed by atoms with E-state index < -0.39 is 0 Å². The first-order chi connectivity index (χ1) is 15.0. The number of rotatable bonds is 3. The molecule has 2 aliphatic carbocycles. The van der Waals surface area contributed by atoms with Crippen molar-refractivity contribution in [2.75, 3.05) is 12.4 Å². The molecule has 0 spiro atoms. The summed E-state index contributed by atoms with van der Waals surface area (Å²) in [6, 6.07) is 21.7. The van der Waals surface area contributed by atoms with E-state index in [1.54, 1.807) is 0 Å². The maximum Gasteiger partial charge on any atom is 0.311 e. The van der Waals surface area contributed by atoms with Gasteiger partial charge in [0.2, 0.25) is 0 Å². The van der Waals surface area contributed by atoms with E-state index in [-0.39, 0.29) is 16.8 Å². The summed E-state index contributed by atoms with van der Waals surface area (Å²) in [5.74, 6) is 0.284. The van der Waals surface area contributed by atoms with Crippen LogP contribution < -0.4 is 5.32 Å². The van der Waals surface area contributed by atoms with Crippen LogP contribution in [0, 0.1) is 11.3 Å². The highest BCUT2D eigenvalue weighted by atomic mass is 16.5. The topological polar surface area (TPSA) is 38.3 Å². The van der Waals surface area contributed by atoms with Gasteiger partial charge in [0.15, 0.2) is 0 Å². The molecule has 1 saturated carbocycles. The van der Waals surface area contributed by atoms with E-state index >= 15 is 0 Å². The molecule has 0 bridgehead atoms. The van der Waals surface area contributed by atoms with Crippen molar-refractivity contribution in [3.8, 4) is 0 Å². The van der Waals surface area contributed by atoms with Crippen LogP contribution in [-0.2, 0) is 21.4 Å². The van der Waals surface area contributed by atoms with Crippen LogP contribution in [0.5, 0.6) is 0 Å². The van der Waals surface area contributed by atoms with Gasteiger partial charge in [0.25, 0.3) is 0 Å². The molecule has 160 valence electrons. The standard InChI is InChI=1S/C28H31NO2/c1-27-16-7-17-28(2,26(30)31-3)25(27)15-12-20-18-21(13-14-23(20)27)29-24-11-6-9-19-8-4-5-10-22(19)24/h4-6,8-11,13-14,18,25,29H,7,12,15-17H2,1-3H3/t25-,27-,28-/m1/s1. The summed E-state index contributed by atoms with van der Waals surface area (Å²) in [4.78, 5) is 12.7. The third-order valence-corrected chi connectivity index (χ3v) is 8.07. The molecule has 3 aromatic carbocycles. The van der Waals surface area contributed by atoms with Gasteiger partial charge in [-0.1, -0.05) is 55.8 Å². The Bertz CT molecular complexity index is 1150. The number of nitrogens with one attached hydrogen (secondary N) is 1. The monoisotopic (exact) mass is 413 g/mol. The fraction of sp³-hybridized carbons (Fsp3) is 0.393. The lowest BCUT2D eigenvalue weighted by molar-refractivity contribution is -0.161. The van der Waals surface area contributed by atoms with E-state index in [1.165, 1.54) is 29.0 Å². The Kier molecular flexibility index (Phi) is 4.80. The second kappa shape index (κ2) is 7.40. The van der Waals surface area contributed by atoms with Gasteiger partial charge in [-0.25, -0.2) is 0 Å². The Morgan fingerprint density at radius 1 is 1.03 bits per heavy atom. The van der Waals surface area contributed by atoms with Crippen molar-refractivity contribution >= 4 is 28.1 Å². The van der Waals surface area contributed by atoms with E-state index in [1.807, 2.05) is 0 Å². The normalized spacial score (nSPS) is 27.3. The van der Waals surface area contributed by atoms with E-state index in [9.17, 15) is 4.79 Å². The third-order valence-electron chi connectivity index (χ3n) is 8.07. The predicted molar refractivity (Wildman–Crippen MR) is 127 cm³/mol. The highest BCUT2D eigenvalue weighted by Crippen LogP contribution is 2.57. The Morgan fingerprint density at radius 3 is 2.68 bits per heavy atom. The number of anilines is 2. The number of ether oxygens (including phenoxy) is 1. The molecule has 3 aromatic rings. The smallest absolute Gasteiger partial charge is 0.311 e. The molecular weight excluding hydrogens is 382 g/mol. The molecule has 3 nitrogen and oxygen atoms in total. The minimum absolute atomic E-state index is 0.0206. The molecule has 31 heavy (non-hydrogen) atoms. The minimum Gasteiger partial charge on any atom is -0.469 e. The average Bonchev–Trinajstić information content (AvgIpc) is 2.78. The first-order valence-electron chi connectivity index (χ1n) is 11.4. The number of carbonyl (C=O) groups excluding carboxylic acids is 1. The van der Waals surface area contributed by atoms with Crippen molar-refractivity contribution in [1.82, 2.24) is 0 Å². The molecule has 2 aliphatic rings. The summed E-state index contributed by atoms with van der Waals surface area (Å²) < 4.78 is 5.25. The van der Waals surface area contributed by atoms with Crippen molar-refractivity contribution in [3.05, 3.63) is 71.8 Å². The summed E-state index contributed by atoms with van der Waals surface area (Å²) in [5.41, 5.74) is 4.73. The quantitative estimate of drug-likeness (QED) is 0.482. The lowest BCUT2D eigenvalue weighted by atomic mass is 9.50. The van der Waals surface area contributed by atoms with Crippen LogP contribution in [0.1, 0.15) is 50.7 Å². The first-order valence-corrected chi connectivity index (χ1v) is 11.4. The molecule has 0 unspecified atom stereocenters. The number of methoxy groups -OCH3 is 1. The molecule has 1 fully saturated rings. The van der Waals surface area contributed by atoms with Crippen LogP contribution >= 0.6 is 0 Å². The van der Waals surface area contributed by atoms with Crippen molar-refractivity contribution in [1.29, 1.82) is 0 Å². The number of fused-ring (bicyclic) bond motifs is 4. The van der Waals surface area contributed by atoms with Crippen LogP contribution in [0.15, 0.2) is 60.7 Å². The zero-order valence-corrected chi connectivity index (χ0v) is 18.7. The summed E-state index contributed by atoms with van der Waals surface area (Å²) in [6.07, 6.45) is 5.16. The molecule has 0 amide bonds. The minimum atomic E-state index is -0.390. The van der Waals surface area contributed by atoms with Gasteiger partial charge in [-0.05, 0) is 78.7 Å². The fourth-order valence-corrected chi connectivity index (χ4v) is 6.54. The summed E-state index contributed by atoms with van der Waals surface area (Å²) >= 11 is 0. The molecule has 3 atom stereocenters. The van der Waals surface area contributed by atoms with Crippen LogP contribution in [0.25, 0.3) is 10.8 Å². The van der Waals surface area contributed by atoms with E-state index in [0.29, 0.717) is 5.92 Å². The van der Waals surface area contributed by atoms with Gasteiger partial charge >= 0.3 is 5.97 Å². The van der Waals surface area contributed by atoms with Crippen LogP contribution in [-0.4, -0.2) is 13.1 Å². The van der Waals surface area contributed by atoms with Crippen LogP contribution in [0.4, 0.5) is 11.4 Å². The molecular formula is C28H31NO2. The largest absolute Gasteiger partial charge is 0.469 e. The molecule has 3 heteroatoms. The Labute approximate surface area is 184 Å². The van der Waals surface area contributed by atoms with Gasteiger partial charge in [-0.2, -0.15) is 0 Å². The van der Waals surface area contributed by atoms with Crippen molar-refractivity contribution in [3.63, 3.8) is 0 Å². The number of hydrogen-bond acceptors (Lipinski definition) is 3. The molecule has 0 aromatic heterocycles. The second-order valence-electron chi connectivity index (χ2n) is 9.79. The van der Waals surface area contributed by atoms with Crippen molar-refractivity contribution in [2.24, 2.45) is 11.3 Å². The lowest BCUT2D eigenvalue weighted by Gasteiger charge is -2.54. The maximum absolute atomic E-state index is 12.7. The first kappa shape index (κ1) is 20.1. The fourth-order valence-electron chi connectivity index (χ4n) is 6.54. The van der Waals surface area contributed by atoms with Crippen LogP contribution in [0.2, 0.25) is 0 Å². The maximum atomic E-state index is 12.7. The van der Waals surface area contributed by atoms with E-state index in [4.69, 9.17) is 4.74 Å². The number of aryl methyl sites for hydroxylation is 1. The Balaban J connectivity index is 1.49. The zero-order chi connectivity index (χ0) is 21.6. The van der Waals surface area contributed by atoms with Gasteiger partial charge in [0, 0.05) is 16.8 Å². The van der Waals surface area contributed by atoms with Crippen LogP contribution in [0.3, 0.4) is 0 Å². The molecule has 0 saturated heterocycles. The highest BCUT2D eigenvalue weighted by molar-refractivity contribution is 5.95. The lowest BCUT2D eigenvalue weighted by Crippen LogP contribution is -2.52. The number of carbonyl (C=O) groups is 1. The van der Waals surface area contributed by atoms with Crippen molar-refractivity contribution in [2.45, 2.75) is 51.4 Å². The summed E-state index contributed by atoms with van der Waals surface area (Å²) in [6.45, 7) is 4.50. The third kappa shape index (κ3) is 3.13. The summed E-state index contributed by atoms with van der Waals surface area (Å²) in [5, 5.41) is 6.12. The number of hydrogen-bond donors (Lipinski definition) is 1. The van der Waals surface area contributed by atoms with Gasteiger partial charge < -0.3 is 10.1 Å². The van der Waals surface area contributed by atoms with Gasteiger partial charge in [0.05, 0.1) is 12.5 Å². The number of benzene rings is 3. The zero-order valence-electron chi connectivity index (χ0n) is 18.7. The molecule has 0 heterocycles. The SMILES string of the molecule is COC(=O)[C@]1(C)CCC[C@]2(C)c3ccc(Nc4cccc5ccccc45)cc3CC[C@@H]12. The van der Waals surface area contributed by atoms with Gasteiger partial charge in [-0.3, -0.25) is 4.79 Å². The van der Waals surface area contributed by atoms with Gasteiger partial charge in [0.1, 0.15) is 0 Å². The molecule has 0 aliphatic heterocycles. The number of esters is 1. The van der Waals surface area contributed by atoms with Crippen molar-refractivity contribution < 1.29 is 9.53 Å². The molecule has 1 N–H and O–H groups in total. The molecule has 0 radical (unpaired) electrons. The van der Waals surface area contributed by atoms with E-state index in [2.05, 4.69) is 79.8 Å². The molecule has 5 rings (SSSR count). The predicted octanol–water partition coefficient (Wildman–Crippen LogP) is 6.77. The highest BCUT2D eigenvalue weighted by Gasteiger charge is 2.55. The average molecular weight is 414 g/mol. The Morgan fingerprint density at radius 2 is 1.84 bits per heavy atom. The summed E-state index contributed by atoms with van der Waals surface area (Å²) in [7, 11) is 1.53. The van der Waals surface area contributed by atoms with E-state index in [0.717, 1.165) is 43.5 Å².